The number of thiazole rings is 1. The van der Waals surface area contributed by atoms with Crippen LogP contribution in [0.25, 0.3) is 10.2 Å². The number of carbonyl (C=O) groups excluding carboxylic acids is 1. The second kappa shape index (κ2) is 6.87. The average molecular weight is 403 g/mol. The number of anilines is 1. The molecule has 0 bridgehead atoms. The van der Waals surface area contributed by atoms with Crippen molar-refractivity contribution in [2.45, 2.75) is 20.4 Å². The number of benzene rings is 1. The highest BCUT2D eigenvalue weighted by Gasteiger charge is 2.24. The number of nitrogens with zero attached hydrogens (tertiary/aromatic N) is 2. The molecule has 132 valence electrons. The van der Waals surface area contributed by atoms with E-state index in [-0.39, 0.29) is 5.91 Å². The molecule has 26 heavy (non-hydrogen) atoms. The van der Waals surface area contributed by atoms with Crippen molar-refractivity contribution in [3.8, 4) is 0 Å². The molecule has 0 saturated carbocycles. The molecule has 7 heteroatoms. The standard InChI is InChI=1S/C19H15ClN2O2S2/c1-11-5-6-12(2)17-16(11)21-19(26-17)22(10-13-4-3-9-24-13)18(23)14-7-8-15(20)25-14/h3-9H,10H2,1-2H3. The van der Waals surface area contributed by atoms with Gasteiger partial charge in [-0.15, -0.1) is 11.3 Å². The van der Waals surface area contributed by atoms with E-state index >= 15 is 0 Å². The Morgan fingerprint density at radius 2 is 1.96 bits per heavy atom. The lowest BCUT2D eigenvalue weighted by Gasteiger charge is -2.17. The van der Waals surface area contributed by atoms with Crippen LogP contribution in [0.1, 0.15) is 26.6 Å². The Morgan fingerprint density at radius 1 is 1.15 bits per heavy atom. The second-order valence-corrected chi connectivity index (χ2v) is 8.64. The van der Waals surface area contributed by atoms with Crippen molar-refractivity contribution in [3.63, 3.8) is 0 Å². The predicted octanol–water partition coefficient (Wildman–Crippen LogP) is 6.07. The van der Waals surface area contributed by atoms with Crippen molar-refractivity contribution in [3.05, 3.63) is 68.8 Å². The minimum absolute atomic E-state index is 0.132. The third kappa shape index (κ3) is 3.16. The zero-order valence-corrected chi connectivity index (χ0v) is 16.5. The smallest absolute Gasteiger partial charge is 0.270 e. The van der Waals surface area contributed by atoms with E-state index in [1.807, 2.05) is 19.1 Å². The van der Waals surface area contributed by atoms with E-state index in [0.29, 0.717) is 26.7 Å². The molecule has 0 N–H and O–H groups in total. The van der Waals surface area contributed by atoms with Gasteiger partial charge in [-0.25, -0.2) is 4.98 Å². The van der Waals surface area contributed by atoms with E-state index in [9.17, 15) is 4.79 Å². The maximum Gasteiger partial charge on any atom is 0.270 e. The molecular weight excluding hydrogens is 388 g/mol. The number of halogens is 1. The van der Waals surface area contributed by atoms with Crippen LogP contribution in [0.4, 0.5) is 5.13 Å². The number of furan rings is 1. The first-order valence-corrected chi connectivity index (χ1v) is 10.0. The van der Waals surface area contributed by atoms with Gasteiger partial charge in [0, 0.05) is 0 Å². The summed E-state index contributed by atoms with van der Waals surface area (Å²) in [6, 6.07) is 11.3. The summed E-state index contributed by atoms with van der Waals surface area (Å²) in [6.07, 6.45) is 1.60. The fourth-order valence-electron chi connectivity index (χ4n) is 2.71. The summed E-state index contributed by atoms with van der Waals surface area (Å²) in [4.78, 5) is 20.1. The maximum absolute atomic E-state index is 13.1. The normalized spacial score (nSPS) is 11.2. The first kappa shape index (κ1) is 17.3. The largest absolute Gasteiger partial charge is 0.467 e. The van der Waals surface area contributed by atoms with Crippen molar-refractivity contribution in [2.24, 2.45) is 0 Å². The van der Waals surface area contributed by atoms with E-state index in [4.69, 9.17) is 21.0 Å². The molecule has 0 atom stereocenters. The van der Waals surface area contributed by atoms with Crippen LogP contribution in [0.5, 0.6) is 0 Å². The fraction of sp³-hybridized carbons (Fsp3) is 0.158. The molecule has 0 fully saturated rings. The average Bonchev–Trinajstić information content (AvgIpc) is 3.35. The Kier molecular flexibility index (Phi) is 4.56. The number of aryl methyl sites for hydroxylation is 2. The molecule has 0 unspecified atom stereocenters. The number of amides is 1. The molecule has 3 heterocycles. The third-order valence-corrected chi connectivity index (χ3v) is 6.52. The Bertz CT molecular complexity index is 1040. The lowest BCUT2D eigenvalue weighted by atomic mass is 10.1. The topological polar surface area (TPSA) is 46.3 Å². The molecule has 4 rings (SSSR count). The molecular formula is C19H15ClN2O2S2. The molecule has 0 spiro atoms. The van der Waals surface area contributed by atoms with E-state index in [0.717, 1.165) is 21.3 Å². The van der Waals surface area contributed by atoms with Crippen LogP contribution < -0.4 is 4.90 Å². The van der Waals surface area contributed by atoms with Crippen LogP contribution in [-0.4, -0.2) is 10.9 Å². The van der Waals surface area contributed by atoms with Gasteiger partial charge in [0.25, 0.3) is 5.91 Å². The highest BCUT2D eigenvalue weighted by molar-refractivity contribution is 7.22. The maximum atomic E-state index is 13.1. The minimum atomic E-state index is -0.132. The van der Waals surface area contributed by atoms with Gasteiger partial charge in [0.2, 0.25) is 0 Å². The molecule has 1 amide bonds. The fourth-order valence-corrected chi connectivity index (χ4v) is 4.81. The molecule has 1 aromatic carbocycles. The van der Waals surface area contributed by atoms with Crippen LogP contribution in [0, 0.1) is 13.8 Å². The van der Waals surface area contributed by atoms with Gasteiger partial charge >= 0.3 is 0 Å². The summed E-state index contributed by atoms with van der Waals surface area (Å²) < 4.78 is 7.14. The molecule has 3 aromatic heterocycles. The van der Waals surface area contributed by atoms with Gasteiger partial charge in [0.1, 0.15) is 5.76 Å². The van der Waals surface area contributed by atoms with Gasteiger partial charge in [0.05, 0.1) is 32.2 Å². The third-order valence-electron chi connectivity index (χ3n) is 4.08. The van der Waals surface area contributed by atoms with Crippen molar-refractivity contribution in [1.82, 2.24) is 4.98 Å². The Balaban J connectivity index is 1.81. The van der Waals surface area contributed by atoms with Crippen molar-refractivity contribution < 1.29 is 9.21 Å². The molecule has 0 aliphatic rings. The van der Waals surface area contributed by atoms with Crippen molar-refractivity contribution in [1.29, 1.82) is 0 Å². The number of aromatic nitrogens is 1. The molecule has 0 saturated heterocycles. The molecule has 4 nitrogen and oxygen atoms in total. The highest BCUT2D eigenvalue weighted by Crippen LogP contribution is 2.35. The lowest BCUT2D eigenvalue weighted by Crippen LogP contribution is -2.29. The van der Waals surface area contributed by atoms with E-state index in [1.54, 1.807) is 23.3 Å². The van der Waals surface area contributed by atoms with E-state index in [2.05, 4.69) is 19.1 Å². The zero-order valence-electron chi connectivity index (χ0n) is 14.2. The summed E-state index contributed by atoms with van der Waals surface area (Å²) in [7, 11) is 0. The van der Waals surface area contributed by atoms with Crippen LogP contribution in [-0.2, 0) is 6.54 Å². The van der Waals surface area contributed by atoms with E-state index < -0.39 is 0 Å². The summed E-state index contributed by atoms with van der Waals surface area (Å²) in [5.41, 5.74) is 3.18. The van der Waals surface area contributed by atoms with Gasteiger partial charge in [-0.3, -0.25) is 9.69 Å². The van der Waals surface area contributed by atoms with Crippen molar-refractivity contribution in [2.75, 3.05) is 4.90 Å². The number of thiophene rings is 1. The summed E-state index contributed by atoms with van der Waals surface area (Å²) in [6.45, 7) is 4.41. The van der Waals surface area contributed by atoms with E-state index in [1.165, 1.54) is 22.7 Å². The molecule has 0 radical (unpaired) electrons. The first-order chi connectivity index (χ1) is 12.5. The highest BCUT2D eigenvalue weighted by atomic mass is 35.5. The molecule has 4 aromatic rings. The van der Waals surface area contributed by atoms with Crippen LogP contribution in [0.3, 0.4) is 0 Å². The Hall–Kier alpha value is -2.15. The lowest BCUT2D eigenvalue weighted by molar-refractivity contribution is 0.0987. The van der Waals surface area contributed by atoms with Crippen LogP contribution >= 0.6 is 34.3 Å². The van der Waals surface area contributed by atoms with Crippen LogP contribution in [0.15, 0.2) is 47.1 Å². The summed E-state index contributed by atoms with van der Waals surface area (Å²) in [5.74, 6) is 0.571. The first-order valence-electron chi connectivity index (χ1n) is 7.99. The van der Waals surface area contributed by atoms with Gasteiger partial charge in [-0.05, 0) is 49.2 Å². The minimum Gasteiger partial charge on any atom is -0.467 e. The SMILES string of the molecule is Cc1ccc(C)c2sc(N(Cc3ccco3)C(=O)c3ccc(Cl)s3)nc12. The molecule has 0 aliphatic heterocycles. The Morgan fingerprint density at radius 3 is 2.62 bits per heavy atom. The zero-order chi connectivity index (χ0) is 18.3. The number of hydrogen-bond acceptors (Lipinski definition) is 5. The van der Waals surface area contributed by atoms with Crippen LogP contribution in [0.2, 0.25) is 4.34 Å². The van der Waals surface area contributed by atoms with Crippen molar-refractivity contribution >= 4 is 55.5 Å². The van der Waals surface area contributed by atoms with Gasteiger partial charge in [0.15, 0.2) is 5.13 Å². The second-order valence-electron chi connectivity index (χ2n) is 5.95. The number of rotatable bonds is 4. The number of carbonyl (C=O) groups is 1. The molecule has 0 aliphatic carbocycles. The Labute approximate surface area is 163 Å². The summed E-state index contributed by atoms with van der Waals surface area (Å²) in [5, 5.41) is 0.656. The monoisotopic (exact) mass is 402 g/mol. The van der Waals surface area contributed by atoms with Gasteiger partial charge in [-0.1, -0.05) is 35.1 Å². The van der Waals surface area contributed by atoms with Gasteiger partial charge < -0.3 is 4.42 Å². The van der Waals surface area contributed by atoms with Gasteiger partial charge in [-0.2, -0.15) is 0 Å². The predicted molar refractivity (Wildman–Crippen MR) is 108 cm³/mol. The summed E-state index contributed by atoms with van der Waals surface area (Å²) >= 11 is 8.81. The number of fused-ring (bicyclic) bond motifs is 1. The number of hydrogen-bond donors (Lipinski definition) is 0. The quantitative estimate of drug-likeness (QED) is 0.416.